The zero-order chi connectivity index (χ0) is 13.6. The van der Waals surface area contributed by atoms with E-state index < -0.39 is 0 Å². The third-order valence-electron chi connectivity index (χ3n) is 3.52. The van der Waals surface area contributed by atoms with Gasteiger partial charge in [0.05, 0.1) is 5.56 Å². The van der Waals surface area contributed by atoms with Gasteiger partial charge in [-0.15, -0.1) is 0 Å². The maximum absolute atomic E-state index is 12.3. The van der Waals surface area contributed by atoms with Gasteiger partial charge < -0.3 is 15.7 Å². The zero-order valence-corrected chi connectivity index (χ0v) is 10.8. The SMILES string of the molecule is CC1(N)CN(C(=O)c2ccc3ccccc3c2O)C1. The Hall–Kier alpha value is -2.07. The number of hydrogen-bond donors (Lipinski definition) is 2. The Morgan fingerprint density at radius 2 is 1.95 bits per heavy atom. The molecular weight excluding hydrogens is 240 g/mol. The molecule has 0 atom stereocenters. The summed E-state index contributed by atoms with van der Waals surface area (Å²) >= 11 is 0. The zero-order valence-electron chi connectivity index (χ0n) is 10.8. The van der Waals surface area contributed by atoms with Crippen LogP contribution in [0.15, 0.2) is 36.4 Å². The second-order valence-electron chi connectivity index (χ2n) is 5.50. The molecule has 1 heterocycles. The molecule has 4 nitrogen and oxygen atoms in total. The number of nitrogens with two attached hydrogens (primary N) is 1. The van der Waals surface area contributed by atoms with Crippen LogP contribution in [0, 0.1) is 0 Å². The van der Waals surface area contributed by atoms with Crippen molar-refractivity contribution in [1.82, 2.24) is 4.90 Å². The molecule has 1 amide bonds. The largest absolute Gasteiger partial charge is 0.506 e. The van der Waals surface area contributed by atoms with Crippen LogP contribution in [-0.2, 0) is 0 Å². The van der Waals surface area contributed by atoms with Crippen LogP contribution in [0.4, 0.5) is 0 Å². The highest BCUT2D eigenvalue weighted by molar-refractivity contribution is 6.03. The van der Waals surface area contributed by atoms with Gasteiger partial charge in [0, 0.05) is 24.0 Å². The molecule has 4 heteroatoms. The van der Waals surface area contributed by atoms with E-state index in [2.05, 4.69) is 0 Å². The van der Waals surface area contributed by atoms with Crippen molar-refractivity contribution in [3.05, 3.63) is 42.0 Å². The lowest BCUT2D eigenvalue weighted by molar-refractivity contribution is 0.0451. The van der Waals surface area contributed by atoms with Crippen molar-refractivity contribution in [2.24, 2.45) is 5.73 Å². The molecule has 98 valence electrons. The normalized spacial score (nSPS) is 17.3. The molecule has 3 rings (SSSR count). The molecule has 1 fully saturated rings. The second-order valence-corrected chi connectivity index (χ2v) is 5.50. The van der Waals surface area contributed by atoms with Crippen LogP contribution in [-0.4, -0.2) is 34.5 Å². The van der Waals surface area contributed by atoms with E-state index in [1.165, 1.54) is 0 Å². The number of aromatic hydroxyl groups is 1. The average Bonchev–Trinajstić information content (AvgIpc) is 2.36. The number of likely N-dealkylation sites (tertiary alicyclic amines) is 1. The van der Waals surface area contributed by atoms with Gasteiger partial charge in [0.1, 0.15) is 5.75 Å². The first-order valence-corrected chi connectivity index (χ1v) is 6.27. The van der Waals surface area contributed by atoms with Gasteiger partial charge in [0.2, 0.25) is 0 Å². The van der Waals surface area contributed by atoms with Crippen LogP contribution in [0.5, 0.6) is 5.75 Å². The van der Waals surface area contributed by atoms with Crippen molar-refractivity contribution in [2.45, 2.75) is 12.5 Å². The third-order valence-corrected chi connectivity index (χ3v) is 3.52. The predicted molar refractivity (Wildman–Crippen MR) is 74.1 cm³/mol. The van der Waals surface area contributed by atoms with E-state index in [-0.39, 0.29) is 17.2 Å². The topological polar surface area (TPSA) is 66.6 Å². The molecule has 1 saturated heterocycles. The van der Waals surface area contributed by atoms with Crippen molar-refractivity contribution in [3.63, 3.8) is 0 Å². The second kappa shape index (κ2) is 3.96. The average molecular weight is 256 g/mol. The number of carbonyl (C=O) groups is 1. The standard InChI is InChI=1S/C15H16N2O2/c1-15(16)8-17(9-15)14(19)12-7-6-10-4-2-3-5-11(10)13(12)18/h2-7,18H,8-9,16H2,1H3. The highest BCUT2D eigenvalue weighted by Crippen LogP contribution is 2.31. The van der Waals surface area contributed by atoms with Gasteiger partial charge in [-0.3, -0.25) is 4.79 Å². The van der Waals surface area contributed by atoms with E-state index in [9.17, 15) is 9.90 Å². The van der Waals surface area contributed by atoms with E-state index in [4.69, 9.17) is 5.73 Å². The summed E-state index contributed by atoms with van der Waals surface area (Å²) in [6.45, 7) is 2.97. The molecule has 0 spiro atoms. The number of hydrogen-bond acceptors (Lipinski definition) is 3. The number of fused-ring (bicyclic) bond motifs is 1. The highest BCUT2D eigenvalue weighted by atomic mass is 16.3. The molecule has 0 unspecified atom stereocenters. The van der Waals surface area contributed by atoms with E-state index in [0.29, 0.717) is 24.0 Å². The van der Waals surface area contributed by atoms with Crippen molar-refractivity contribution in [1.29, 1.82) is 0 Å². The molecule has 0 saturated carbocycles. The first-order chi connectivity index (χ1) is 8.98. The smallest absolute Gasteiger partial charge is 0.257 e. The summed E-state index contributed by atoms with van der Waals surface area (Å²) in [5.74, 6) is -0.111. The molecule has 1 aliphatic heterocycles. The van der Waals surface area contributed by atoms with Crippen LogP contribution in [0.25, 0.3) is 10.8 Å². The van der Waals surface area contributed by atoms with Gasteiger partial charge in [-0.2, -0.15) is 0 Å². The van der Waals surface area contributed by atoms with Crippen molar-refractivity contribution in [3.8, 4) is 5.75 Å². The highest BCUT2D eigenvalue weighted by Gasteiger charge is 2.38. The van der Waals surface area contributed by atoms with Gasteiger partial charge >= 0.3 is 0 Å². The molecule has 0 bridgehead atoms. The van der Waals surface area contributed by atoms with E-state index in [1.807, 2.05) is 37.3 Å². The Labute approximate surface area is 111 Å². The number of benzene rings is 2. The predicted octanol–water partition coefficient (Wildman–Crippen LogP) is 1.72. The fourth-order valence-electron chi connectivity index (χ4n) is 2.57. The Balaban J connectivity index is 1.97. The summed E-state index contributed by atoms with van der Waals surface area (Å²) < 4.78 is 0. The maximum Gasteiger partial charge on any atom is 0.257 e. The van der Waals surface area contributed by atoms with Gasteiger partial charge in [-0.05, 0) is 18.4 Å². The summed E-state index contributed by atoms with van der Waals surface area (Å²) in [6.07, 6.45) is 0. The van der Waals surface area contributed by atoms with E-state index in [0.717, 1.165) is 5.39 Å². The number of nitrogens with zero attached hydrogens (tertiary/aromatic N) is 1. The maximum atomic E-state index is 12.3. The first-order valence-electron chi connectivity index (χ1n) is 6.27. The van der Waals surface area contributed by atoms with E-state index in [1.54, 1.807) is 11.0 Å². The lowest BCUT2D eigenvalue weighted by Crippen LogP contribution is -2.66. The number of phenols is 1. The number of amides is 1. The van der Waals surface area contributed by atoms with Gasteiger partial charge in [0.15, 0.2) is 0 Å². The monoisotopic (exact) mass is 256 g/mol. The van der Waals surface area contributed by atoms with Crippen LogP contribution in [0.2, 0.25) is 0 Å². The summed E-state index contributed by atoms with van der Waals surface area (Å²) in [4.78, 5) is 13.9. The molecule has 2 aromatic rings. The number of phenolic OH excluding ortho intramolecular Hbond substituents is 1. The summed E-state index contributed by atoms with van der Waals surface area (Å²) in [6, 6.07) is 11.0. The summed E-state index contributed by atoms with van der Waals surface area (Å²) in [7, 11) is 0. The Kier molecular flexibility index (Phi) is 2.50. The third kappa shape index (κ3) is 1.94. The van der Waals surface area contributed by atoms with Crippen molar-refractivity contribution >= 4 is 16.7 Å². The molecule has 19 heavy (non-hydrogen) atoms. The lowest BCUT2D eigenvalue weighted by Gasteiger charge is -2.45. The summed E-state index contributed by atoms with van der Waals surface area (Å²) in [5, 5.41) is 11.9. The molecule has 0 aromatic heterocycles. The van der Waals surface area contributed by atoms with Crippen LogP contribution in [0.3, 0.4) is 0 Å². The van der Waals surface area contributed by atoms with Gasteiger partial charge in [-0.1, -0.05) is 30.3 Å². The summed E-state index contributed by atoms with van der Waals surface area (Å²) in [5.41, 5.74) is 5.94. The molecular formula is C15H16N2O2. The van der Waals surface area contributed by atoms with Crippen LogP contribution < -0.4 is 5.73 Å². The Bertz CT molecular complexity index is 656. The lowest BCUT2D eigenvalue weighted by atomic mass is 9.92. The molecule has 1 aliphatic rings. The van der Waals surface area contributed by atoms with Gasteiger partial charge in [0.25, 0.3) is 5.91 Å². The van der Waals surface area contributed by atoms with Crippen LogP contribution in [0.1, 0.15) is 17.3 Å². The first kappa shape index (κ1) is 12.0. The molecule has 0 aliphatic carbocycles. The minimum Gasteiger partial charge on any atom is -0.506 e. The van der Waals surface area contributed by atoms with E-state index >= 15 is 0 Å². The van der Waals surface area contributed by atoms with Crippen LogP contribution >= 0.6 is 0 Å². The van der Waals surface area contributed by atoms with Crippen molar-refractivity contribution in [2.75, 3.05) is 13.1 Å². The molecule has 0 radical (unpaired) electrons. The quantitative estimate of drug-likeness (QED) is 0.816. The minimum absolute atomic E-state index is 0.0497. The molecule has 2 aromatic carbocycles. The number of carbonyl (C=O) groups excluding carboxylic acids is 1. The minimum atomic E-state index is -0.303. The van der Waals surface area contributed by atoms with Gasteiger partial charge in [-0.25, -0.2) is 0 Å². The number of rotatable bonds is 1. The Morgan fingerprint density at radius 3 is 2.63 bits per heavy atom. The Morgan fingerprint density at radius 1 is 1.26 bits per heavy atom. The van der Waals surface area contributed by atoms with Crippen molar-refractivity contribution < 1.29 is 9.90 Å². The fraction of sp³-hybridized carbons (Fsp3) is 0.267. The fourth-order valence-corrected chi connectivity index (χ4v) is 2.57. The molecule has 3 N–H and O–H groups in total.